The molecule has 0 amide bonds. The Morgan fingerprint density at radius 1 is 1.37 bits per heavy atom. The maximum absolute atomic E-state index is 11.2. The SMILES string of the molecule is COC(=O)c1nc(O)c(N=Nc2ccccc2C)[nH]1. The van der Waals surface area contributed by atoms with Crippen LogP contribution in [0.5, 0.6) is 5.88 Å². The van der Waals surface area contributed by atoms with Gasteiger partial charge in [0.2, 0.25) is 11.6 Å². The highest BCUT2D eigenvalue weighted by atomic mass is 16.5. The third kappa shape index (κ3) is 2.76. The Morgan fingerprint density at radius 2 is 2.11 bits per heavy atom. The number of aromatic nitrogens is 2. The van der Waals surface area contributed by atoms with Crippen molar-refractivity contribution in [3.05, 3.63) is 35.7 Å². The molecule has 1 aromatic carbocycles. The molecule has 0 saturated heterocycles. The van der Waals surface area contributed by atoms with Crippen LogP contribution < -0.4 is 0 Å². The zero-order valence-electron chi connectivity index (χ0n) is 10.4. The molecule has 0 bridgehead atoms. The van der Waals surface area contributed by atoms with Crippen LogP contribution in [0.4, 0.5) is 11.5 Å². The van der Waals surface area contributed by atoms with Gasteiger partial charge in [0.1, 0.15) is 0 Å². The molecule has 0 atom stereocenters. The van der Waals surface area contributed by atoms with Crippen LogP contribution in [0.25, 0.3) is 0 Å². The summed E-state index contributed by atoms with van der Waals surface area (Å²) < 4.78 is 4.47. The number of rotatable bonds is 3. The number of H-pyrrole nitrogens is 1. The largest absolute Gasteiger partial charge is 0.491 e. The highest BCUT2D eigenvalue weighted by Crippen LogP contribution is 2.26. The standard InChI is InChI=1S/C12H12N4O3/c1-7-5-3-4-6-8(7)15-16-9-11(17)14-10(13-9)12(18)19-2/h3-6,17H,1-2H3,(H,13,14). The molecule has 2 aromatic rings. The predicted octanol–water partition coefficient (Wildman–Crippen LogP) is 2.63. The smallest absolute Gasteiger partial charge is 0.374 e. The van der Waals surface area contributed by atoms with Crippen molar-refractivity contribution in [1.82, 2.24) is 9.97 Å². The summed E-state index contributed by atoms with van der Waals surface area (Å²) in [6.45, 7) is 1.89. The monoisotopic (exact) mass is 260 g/mol. The number of nitrogens with zero attached hydrogens (tertiary/aromatic N) is 3. The number of imidazole rings is 1. The molecule has 0 radical (unpaired) electrons. The van der Waals surface area contributed by atoms with Gasteiger partial charge in [-0.15, -0.1) is 10.2 Å². The van der Waals surface area contributed by atoms with E-state index in [1.165, 1.54) is 7.11 Å². The molecule has 19 heavy (non-hydrogen) atoms. The number of nitrogens with one attached hydrogen (secondary N) is 1. The zero-order chi connectivity index (χ0) is 13.8. The minimum Gasteiger partial charge on any atom is -0.491 e. The van der Waals surface area contributed by atoms with E-state index in [1.807, 2.05) is 25.1 Å². The number of ether oxygens (including phenoxy) is 1. The van der Waals surface area contributed by atoms with Gasteiger partial charge in [0.25, 0.3) is 5.88 Å². The highest BCUT2D eigenvalue weighted by molar-refractivity contribution is 5.86. The topological polar surface area (TPSA) is 99.9 Å². The first kappa shape index (κ1) is 12.7. The molecule has 7 heteroatoms. The number of hydrogen-bond acceptors (Lipinski definition) is 6. The van der Waals surface area contributed by atoms with Crippen LogP contribution in [0, 0.1) is 6.92 Å². The summed E-state index contributed by atoms with van der Waals surface area (Å²) in [7, 11) is 1.22. The van der Waals surface area contributed by atoms with Gasteiger partial charge in [-0.3, -0.25) is 0 Å². The molecule has 1 aromatic heterocycles. The molecule has 98 valence electrons. The number of methoxy groups -OCH3 is 1. The lowest BCUT2D eigenvalue weighted by molar-refractivity contribution is 0.0587. The molecule has 0 saturated carbocycles. The Morgan fingerprint density at radius 3 is 2.79 bits per heavy atom. The highest BCUT2D eigenvalue weighted by Gasteiger charge is 2.15. The quantitative estimate of drug-likeness (QED) is 0.654. The normalized spacial score (nSPS) is 10.8. The lowest BCUT2D eigenvalue weighted by atomic mass is 10.2. The van der Waals surface area contributed by atoms with Crippen LogP contribution in [0.15, 0.2) is 34.5 Å². The molecule has 2 rings (SSSR count). The van der Waals surface area contributed by atoms with Crippen molar-refractivity contribution < 1.29 is 14.6 Å². The molecule has 1 heterocycles. The predicted molar refractivity (Wildman–Crippen MR) is 66.9 cm³/mol. The summed E-state index contributed by atoms with van der Waals surface area (Å²) in [6.07, 6.45) is 0. The fraction of sp³-hybridized carbons (Fsp3) is 0.167. The molecule has 0 spiro atoms. The van der Waals surface area contributed by atoms with Gasteiger partial charge in [0, 0.05) is 0 Å². The first-order valence-electron chi connectivity index (χ1n) is 5.46. The molecule has 0 unspecified atom stereocenters. The third-order valence-corrected chi connectivity index (χ3v) is 2.42. The zero-order valence-corrected chi connectivity index (χ0v) is 10.4. The van der Waals surface area contributed by atoms with Gasteiger partial charge in [-0.1, -0.05) is 18.2 Å². The second-order valence-electron chi connectivity index (χ2n) is 3.74. The fourth-order valence-corrected chi connectivity index (χ4v) is 1.40. The van der Waals surface area contributed by atoms with E-state index in [0.29, 0.717) is 5.69 Å². The summed E-state index contributed by atoms with van der Waals surface area (Å²) in [5.41, 5.74) is 1.61. The summed E-state index contributed by atoms with van der Waals surface area (Å²) in [4.78, 5) is 17.3. The van der Waals surface area contributed by atoms with Gasteiger partial charge in [0.05, 0.1) is 12.8 Å². The van der Waals surface area contributed by atoms with Crippen molar-refractivity contribution in [2.75, 3.05) is 7.11 Å². The van der Waals surface area contributed by atoms with E-state index in [4.69, 9.17) is 0 Å². The number of aromatic hydroxyl groups is 1. The number of azo groups is 1. The van der Waals surface area contributed by atoms with Crippen molar-refractivity contribution in [3.63, 3.8) is 0 Å². The Kier molecular flexibility index (Phi) is 3.56. The number of benzene rings is 1. The van der Waals surface area contributed by atoms with Gasteiger partial charge in [0.15, 0.2) is 0 Å². The fourth-order valence-electron chi connectivity index (χ4n) is 1.40. The van der Waals surface area contributed by atoms with Crippen LogP contribution in [-0.4, -0.2) is 28.2 Å². The van der Waals surface area contributed by atoms with Crippen molar-refractivity contribution in [3.8, 4) is 5.88 Å². The molecular weight excluding hydrogens is 248 g/mol. The molecule has 7 nitrogen and oxygen atoms in total. The number of carbonyl (C=O) groups excluding carboxylic acids is 1. The first-order chi connectivity index (χ1) is 9.11. The minimum atomic E-state index is -0.687. The number of aryl methyl sites for hydroxylation is 1. The first-order valence-corrected chi connectivity index (χ1v) is 5.46. The Balaban J connectivity index is 2.27. The van der Waals surface area contributed by atoms with Crippen molar-refractivity contribution in [2.45, 2.75) is 6.92 Å². The van der Waals surface area contributed by atoms with Crippen molar-refractivity contribution in [2.24, 2.45) is 10.2 Å². The summed E-state index contributed by atoms with van der Waals surface area (Å²) in [6, 6.07) is 7.39. The Bertz CT molecular complexity index is 634. The molecule has 0 aliphatic heterocycles. The number of esters is 1. The van der Waals surface area contributed by atoms with Crippen molar-refractivity contribution >= 4 is 17.5 Å². The van der Waals surface area contributed by atoms with Crippen molar-refractivity contribution in [1.29, 1.82) is 0 Å². The average molecular weight is 260 g/mol. The van der Waals surface area contributed by atoms with Crippen LogP contribution in [0.3, 0.4) is 0 Å². The number of hydrogen-bond donors (Lipinski definition) is 2. The van der Waals surface area contributed by atoms with Crippen LogP contribution in [-0.2, 0) is 4.74 Å². The molecule has 0 fully saturated rings. The van der Waals surface area contributed by atoms with E-state index in [9.17, 15) is 9.90 Å². The lowest BCUT2D eigenvalue weighted by Gasteiger charge is -1.95. The van der Waals surface area contributed by atoms with Crippen LogP contribution in [0.1, 0.15) is 16.2 Å². The van der Waals surface area contributed by atoms with E-state index in [-0.39, 0.29) is 11.6 Å². The minimum absolute atomic E-state index is 0.00338. The van der Waals surface area contributed by atoms with E-state index in [2.05, 4.69) is 24.9 Å². The van der Waals surface area contributed by atoms with Crippen LogP contribution >= 0.6 is 0 Å². The third-order valence-electron chi connectivity index (χ3n) is 2.42. The summed E-state index contributed by atoms with van der Waals surface area (Å²) in [5, 5.41) is 17.3. The second-order valence-corrected chi connectivity index (χ2v) is 3.74. The van der Waals surface area contributed by atoms with Gasteiger partial charge in [-0.05, 0) is 18.6 Å². The van der Waals surface area contributed by atoms with Gasteiger partial charge >= 0.3 is 5.97 Å². The molecule has 0 aliphatic carbocycles. The molecule has 0 aliphatic rings. The van der Waals surface area contributed by atoms with E-state index >= 15 is 0 Å². The summed E-state index contributed by atoms with van der Waals surface area (Å²) in [5.74, 6) is -1.22. The van der Waals surface area contributed by atoms with Crippen LogP contribution in [0.2, 0.25) is 0 Å². The van der Waals surface area contributed by atoms with E-state index in [0.717, 1.165) is 5.56 Å². The molecular formula is C12H12N4O3. The maximum atomic E-state index is 11.2. The molecule has 2 N–H and O–H groups in total. The second kappa shape index (κ2) is 5.30. The summed E-state index contributed by atoms with van der Waals surface area (Å²) >= 11 is 0. The Labute approximate surface area is 109 Å². The van der Waals surface area contributed by atoms with Gasteiger partial charge in [-0.25, -0.2) is 4.79 Å². The Hall–Kier alpha value is -2.70. The maximum Gasteiger partial charge on any atom is 0.374 e. The number of aromatic amines is 1. The average Bonchev–Trinajstić information content (AvgIpc) is 2.78. The number of carbonyl (C=O) groups is 1. The van der Waals surface area contributed by atoms with E-state index < -0.39 is 11.8 Å². The van der Waals surface area contributed by atoms with Gasteiger partial charge < -0.3 is 14.8 Å². The lowest BCUT2D eigenvalue weighted by Crippen LogP contribution is -2.02. The van der Waals surface area contributed by atoms with E-state index in [1.54, 1.807) is 6.07 Å². The van der Waals surface area contributed by atoms with Gasteiger partial charge in [-0.2, -0.15) is 4.98 Å².